The summed E-state index contributed by atoms with van der Waals surface area (Å²) in [5.41, 5.74) is 2.92. The van der Waals surface area contributed by atoms with Gasteiger partial charge in [0.15, 0.2) is 0 Å². The van der Waals surface area contributed by atoms with Crippen molar-refractivity contribution < 1.29 is 9.59 Å². The summed E-state index contributed by atoms with van der Waals surface area (Å²) in [6.07, 6.45) is 2.57. The normalized spacial score (nSPS) is 10.1. The molecule has 2 rings (SSSR count). The van der Waals surface area contributed by atoms with Gasteiger partial charge in [-0.2, -0.15) is 0 Å². The molecular formula is C14H15N3O2S. The second-order valence-corrected chi connectivity index (χ2v) is 5.21. The number of thiazole rings is 1. The molecule has 1 aromatic carbocycles. The lowest BCUT2D eigenvalue weighted by atomic mass is 10.2. The zero-order valence-corrected chi connectivity index (χ0v) is 11.9. The van der Waals surface area contributed by atoms with Gasteiger partial charge in [-0.15, -0.1) is 11.3 Å². The summed E-state index contributed by atoms with van der Waals surface area (Å²) in [6, 6.07) is 6.86. The minimum Gasteiger partial charge on any atom is -0.352 e. The van der Waals surface area contributed by atoms with Crippen LogP contribution in [0.25, 0.3) is 0 Å². The molecule has 0 saturated heterocycles. The van der Waals surface area contributed by atoms with Crippen molar-refractivity contribution in [1.82, 2.24) is 10.3 Å². The van der Waals surface area contributed by atoms with E-state index in [1.807, 2.05) is 0 Å². The molecule has 0 spiro atoms. The van der Waals surface area contributed by atoms with Gasteiger partial charge < -0.3 is 10.6 Å². The number of benzene rings is 1. The molecule has 0 atom stereocenters. The SMILES string of the molecule is CC(=O)Nc1cccc(C(=O)NCCc2cncs2)c1. The monoisotopic (exact) mass is 289 g/mol. The summed E-state index contributed by atoms with van der Waals surface area (Å²) in [4.78, 5) is 28.1. The average Bonchev–Trinajstić information content (AvgIpc) is 2.91. The predicted octanol–water partition coefficient (Wildman–Crippen LogP) is 2.07. The number of hydrogen-bond acceptors (Lipinski definition) is 4. The number of aromatic nitrogens is 1. The van der Waals surface area contributed by atoms with Crippen molar-refractivity contribution in [3.63, 3.8) is 0 Å². The van der Waals surface area contributed by atoms with E-state index in [0.29, 0.717) is 17.8 Å². The first-order valence-electron chi connectivity index (χ1n) is 6.18. The molecule has 5 nitrogen and oxygen atoms in total. The highest BCUT2D eigenvalue weighted by atomic mass is 32.1. The summed E-state index contributed by atoms with van der Waals surface area (Å²) < 4.78 is 0. The Morgan fingerprint density at radius 3 is 2.90 bits per heavy atom. The largest absolute Gasteiger partial charge is 0.352 e. The Morgan fingerprint density at radius 2 is 2.20 bits per heavy atom. The summed E-state index contributed by atoms with van der Waals surface area (Å²) in [5, 5.41) is 5.50. The van der Waals surface area contributed by atoms with Crippen LogP contribution in [0.4, 0.5) is 5.69 Å². The van der Waals surface area contributed by atoms with E-state index in [4.69, 9.17) is 0 Å². The average molecular weight is 289 g/mol. The first-order chi connectivity index (χ1) is 9.65. The third-order valence-electron chi connectivity index (χ3n) is 2.59. The molecule has 0 bridgehead atoms. The lowest BCUT2D eigenvalue weighted by Gasteiger charge is -2.06. The summed E-state index contributed by atoms with van der Waals surface area (Å²) in [5.74, 6) is -0.311. The van der Waals surface area contributed by atoms with Crippen molar-refractivity contribution >= 4 is 28.8 Å². The first-order valence-corrected chi connectivity index (χ1v) is 7.06. The van der Waals surface area contributed by atoms with Gasteiger partial charge in [-0.1, -0.05) is 6.07 Å². The maximum atomic E-state index is 12.0. The fourth-order valence-corrected chi connectivity index (χ4v) is 2.31. The zero-order chi connectivity index (χ0) is 14.4. The highest BCUT2D eigenvalue weighted by Crippen LogP contribution is 2.11. The maximum Gasteiger partial charge on any atom is 0.251 e. The van der Waals surface area contributed by atoms with E-state index in [9.17, 15) is 9.59 Å². The quantitative estimate of drug-likeness (QED) is 0.885. The summed E-state index contributed by atoms with van der Waals surface area (Å²) >= 11 is 1.57. The van der Waals surface area contributed by atoms with E-state index in [1.165, 1.54) is 6.92 Å². The van der Waals surface area contributed by atoms with Gasteiger partial charge in [-0.05, 0) is 18.2 Å². The standard InChI is InChI=1S/C14H15N3O2S/c1-10(18)17-12-4-2-3-11(7-12)14(19)16-6-5-13-8-15-9-20-13/h2-4,7-9H,5-6H2,1H3,(H,16,19)(H,17,18). The maximum absolute atomic E-state index is 12.0. The van der Waals surface area contributed by atoms with Crippen molar-refractivity contribution in [2.45, 2.75) is 13.3 Å². The molecule has 104 valence electrons. The van der Waals surface area contributed by atoms with Crippen molar-refractivity contribution in [3.05, 3.63) is 46.4 Å². The minimum atomic E-state index is -0.159. The van der Waals surface area contributed by atoms with Gasteiger partial charge >= 0.3 is 0 Å². The number of amides is 2. The Morgan fingerprint density at radius 1 is 1.35 bits per heavy atom. The highest BCUT2D eigenvalue weighted by molar-refractivity contribution is 7.09. The number of nitrogens with one attached hydrogen (secondary N) is 2. The molecule has 2 amide bonds. The lowest BCUT2D eigenvalue weighted by Crippen LogP contribution is -2.25. The van der Waals surface area contributed by atoms with Gasteiger partial charge in [0.25, 0.3) is 5.91 Å². The molecule has 0 fully saturated rings. The highest BCUT2D eigenvalue weighted by Gasteiger charge is 2.06. The van der Waals surface area contributed by atoms with Crippen LogP contribution in [-0.2, 0) is 11.2 Å². The molecule has 0 aliphatic carbocycles. The predicted molar refractivity (Wildman–Crippen MR) is 78.9 cm³/mol. The van der Waals surface area contributed by atoms with E-state index in [0.717, 1.165) is 11.3 Å². The van der Waals surface area contributed by atoms with Crippen molar-refractivity contribution in [1.29, 1.82) is 0 Å². The van der Waals surface area contributed by atoms with Crippen LogP contribution in [0.1, 0.15) is 22.2 Å². The van der Waals surface area contributed by atoms with Gasteiger partial charge in [-0.25, -0.2) is 0 Å². The van der Waals surface area contributed by atoms with Crippen molar-refractivity contribution in [2.75, 3.05) is 11.9 Å². The summed E-state index contributed by atoms with van der Waals surface area (Å²) in [6.45, 7) is 1.99. The van der Waals surface area contributed by atoms with Crippen LogP contribution in [0.2, 0.25) is 0 Å². The third-order valence-corrected chi connectivity index (χ3v) is 3.42. The number of anilines is 1. The molecule has 0 aliphatic rings. The Bertz CT molecular complexity index is 596. The van der Waals surface area contributed by atoms with Crippen molar-refractivity contribution in [3.8, 4) is 0 Å². The van der Waals surface area contributed by atoms with E-state index >= 15 is 0 Å². The smallest absolute Gasteiger partial charge is 0.251 e. The van der Waals surface area contributed by atoms with Gasteiger partial charge in [0.05, 0.1) is 5.51 Å². The molecule has 6 heteroatoms. The van der Waals surface area contributed by atoms with Crippen LogP contribution in [0, 0.1) is 0 Å². The van der Waals surface area contributed by atoms with Gasteiger partial charge in [-0.3, -0.25) is 14.6 Å². The Kier molecular flexibility index (Phi) is 4.84. The van der Waals surface area contributed by atoms with Gasteiger partial charge in [0.1, 0.15) is 0 Å². The van der Waals surface area contributed by atoms with E-state index in [2.05, 4.69) is 15.6 Å². The fourth-order valence-electron chi connectivity index (χ4n) is 1.71. The summed E-state index contributed by atoms with van der Waals surface area (Å²) in [7, 11) is 0. The van der Waals surface area contributed by atoms with Crippen LogP contribution < -0.4 is 10.6 Å². The topological polar surface area (TPSA) is 71.1 Å². The lowest BCUT2D eigenvalue weighted by molar-refractivity contribution is -0.114. The van der Waals surface area contributed by atoms with Crippen LogP contribution in [0.5, 0.6) is 0 Å². The van der Waals surface area contributed by atoms with Crippen LogP contribution in [-0.4, -0.2) is 23.3 Å². The van der Waals surface area contributed by atoms with Crippen molar-refractivity contribution in [2.24, 2.45) is 0 Å². The molecule has 2 aromatic rings. The number of nitrogens with zero attached hydrogens (tertiary/aromatic N) is 1. The number of carbonyl (C=O) groups is 2. The van der Waals surface area contributed by atoms with Gasteiger partial charge in [0.2, 0.25) is 5.91 Å². The van der Waals surface area contributed by atoms with Gasteiger partial charge in [0, 0.05) is 42.2 Å². The van der Waals surface area contributed by atoms with E-state index in [1.54, 1.807) is 47.3 Å². The minimum absolute atomic E-state index is 0.151. The third kappa shape index (κ3) is 4.17. The van der Waals surface area contributed by atoms with Crippen LogP contribution in [0.3, 0.4) is 0 Å². The molecule has 2 N–H and O–H groups in total. The molecular weight excluding hydrogens is 274 g/mol. The molecule has 0 radical (unpaired) electrons. The molecule has 1 aromatic heterocycles. The second kappa shape index (κ2) is 6.81. The first kappa shape index (κ1) is 14.2. The Labute approximate surface area is 121 Å². The van der Waals surface area contributed by atoms with Crippen LogP contribution in [0.15, 0.2) is 36.0 Å². The fraction of sp³-hybridized carbons (Fsp3) is 0.214. The second-order valence-electron chi connectivity index (χ2n) is 4.24. The number of hydrogen-bond donors (Lipinski definition) is 2. The zero-order valence-electron chi connectivity index (χ0n) is 11.1. The number of carbonyl (C=O) groups excluding carboxylic acids is 2. The molecule has 0 aliphatic heterocycles. The van der Waals surface area contributed by atoms with E-state index in [-0.39, 0.29) is 11.8 Å². The molecule has 0 unspecified atom stereocenters. The van der Waals surface area contributed by atoms with Crippen LogP contribution >= 0.6 is 11.3 Å². The molecule has 0 saturated carbocycles. The Balaban J connectivity index is 1.90. The van der Waals surface area contributed by atoms with E-state index < -0.39 is 0 Å². The molecule has 1 heterocycles. The number of rotatable bonds is 5. The molecule has 20 heavy (non-hydrogen) atoms. The Hall–Kier alpha value is -2.21.